The molecular weight excluding hydrogens is 756 g/mol. The lowest BCUT2D eigenvalue weighted by Gasteiger charge is -2.54. The summed E-state index contributed by atoms with van der Waals surface area (Å²) in [6.07, 6.45) is 7.77. The van der Waals surface area contributed by atoms with Gasteiger partial charge in [-0.1, -0.05) is 23.7 Å². The van der Waals surface area contributed by atoms with Crippen LogP contribution in [0.3, 0.4) is 0 Å². The normalized spacial score (nSPS) is 21.3. The van der Waals surface area contributed by atoms with E-state index >= 15 is 0 Å². The van der Waals surface area contributed by atoms with Crippen molar-refractivity contribution in [3.8, 4) is 0 Å². The monoisotopic (exact) mass is 806 g/mol. The number of carbonyl (C=O) groups excluding carboxylic acids is 4. The predicted octanol–water partition coefficient (Wildman–Crippen LogP) is 4.45. The van der Waals surface area contributed by atoms with Crippen molar-refractivity contribution in [2.24, 2.45) is 11.3 Å². The molecule has 1 spiro atoms. The number of imidazole rings is 1. The summed E-state index contributed by atoms with van der Waals surface area (Å²) in [6, 6.07) is 13.8. The van der Waals surface area contributed by atoms with Gasteiger partial charge in [0.05, 0.1) is 17.8 Å². The van der Waals surface area contributed by atoms with Gasteiger partial charge in [0.2, 0.25) is 11.8 Å². The second-order valence-corrected chi connectivity index (χ2v) is 17.3. The molecule has 0 aliphatic carbocycles. The van der Waals surface area contributed by atoms with Gasteiger partial charge in [0.1, 0.15) is 0 Å². The quantitative estimate of drug-likeness (QED) is 0.208. The number of hydrogen-bond donors (Lipinski definition) is 3. The van der Waals surface area contributed by atoms with E-state index in [9.17, 15) is 19.2 Å². The van der Waals surface area contributed by atoms with Crippen LogP contribution in [-0.4, -0.2) is 119 Å². The molecule has 4 aromatic rings. The summed E-state index contributed by atoms with van der Waals surface area (Å²) in [6.45, 7) is 8.76. The fourth-order valence-electron chi connectivity index (χ4n) is 9.93. The van der Waals surface area contributed by atoms with Crippen molar-refractivity contribution in [3.63, 3.8) is 0 Å². The Labute approximate surface area is 343 Å². The highest BCUT2D eigenvalue weighted by atomic mass is 35.5. The molecule has 14 nitrogen and oxygen atoms in total. The van der Waals surface area contributed by atoms with Crippen molar-refractivity contribution in [1.82, 2.24) is 39.9 Å². The van der Waals surface area contributed by atoms with E-state index < -0.39 is 5.92 Å². The topological polar surface area (TPSA) is 148 Å². The molecular formula is C43H51ClN10O4. The first-order chi connectivity index (χ1) is 28.1. The van der Waals surface area contributed by atoms with E-state index in [-0.39, 0.29) is 35.5 Å². The molecule has 15 heteroatoms. The van der Waals surface area contributed by atoms with Crippen LogP contribution in [0.2, 0.25) is 5.02 Å². The lowest BCUT2D eigenvalue weighted by atomic mass is 9.71. The molecule has 5 aliphatic rings. The fraction of sp³-hybridized carbons (Fsp3) is 0.488. The lowest BCUT2D eigenvalue weighted by Crippen LogP contribution is -2.62. The highest BCUT2D eigenvalue weighted by Gasteiger charge is 2.47. The molecule has 2 aromatic heterocycles. The Kier molecular flexibility index (Phi) is 10.4. The second-order valence-electron chi connectivity index (χ2n) is 16.9. The zero-order chi connectivity index (χ0) is 40.1. The van der Waals surface area contributed by atoms with E-state index in [2.05, 4.69) is 53.8 Å². The van der Waals surface area contributed by atoms with E-state index in [1.54, 1.807) is 36.0 Å². The summed E-state index contributed by atoms with van der Waals surface area (Å²) >= 11 is 6.46. The molecule has 9 rings (SSSR count). The van der Waals surface area contributed by atoms with Gasteiger partial charge in [-0.25, -0.2) is 9.50 Å². The Morgan fingerprint density at radius 3 is 2.48 bits per heavy atom. The Bertz CT molecular complexity index is 2270. The van der Waals surface area contributed by atoms with Crippen molar-refractivity contribution in [2.45, 2.75) is 57.4 Å². The molecule has 4 saturated heterocycles. The smallest absolute Gasteiger partial charge is 0.271 e. The molecule has 7 heterocycles. The SMILES string of the molecule is CNC(=O)c1cnc2c(NC)cc(N3CCc4c(CN5CCC(CN6CCC7(CC6)CN(C(=O)c6ccc(Cl)c(C8CCC(=O)NC8=O)c6)C7)CC5)cccc43)nn12. The number of carbonyl (C=O) groups is 4. The van der Waals surface area contributed by atoms with Gasteiger partial charge in [-0.05, 0) is 112 Å². The number of halogens is 1. The van der Waals surface area contributed by atoms with E-state index in [0.29, 0.717) is 39.8 Å². The van der Waals surface area contributed by atoms with Crippen LogP contribution < -0.4 is 20.9 Å². The van der Waals surface area contributed by atoms with Crippen LogP contribution in [-0.2, 0) is 22.6 Å². The van der Waals surface area contributed by atoms with E-state index in [0.717, 1.165) is 89.7 Å². The standard InChI is InChI=1S/C43H51ClN10O4/c1-45-34-21-37(49-54-36(41(57)46-2)22-47-39(34)54)53-17-12-30-29(4-3-5-35(30)53)24-50-15-10-27(11-16-50)23-51-18-13-43(14-19-51)25-52(26-43)42(58)28-6-8-33(44)32(20-28)31-7-9-38(55)48-40(31)56/h3-6,8,20-22,27,31,45H,7,9-19,23-26H2,1-2H3,(H,46,57)(H,48,55,56). The zero-order valence-corrected chi connectivity index (χ0v) is 34.0. The molecule has 1 atom stereocenters. The highest BCUT2D eigenvalue weighted by molar-refractivity contribution is 6.32. The van der Waals surface area contributed by atoms with E-state index in [1.807, 2.05) is 18.0 Å². The van der Waals surface area contributed by atoms with Gasteiger partial charge in [0.15, 0.2) is 17.2 Å². The van der Waals surface area contributed by atoms with Crippen LogP contribution in [0.25, 0.3) is 5.65 Å². The van der Waals surface area contributed by atoms with Gasteiger partial charge in [-0.2, -0.15) is 0 Å². The molecule has 58 heavy (non-hydrogen) atoms. The van der Waals surface area contributed by atoms with Gasteiger partial charge in [-0.15, -0.1) is 5.10 Å². The summed E-state index contributed by atoms with van der Waals surface area (Å²) < 4.78 is 1.63. The molecule has 3 N–H and O–H groups in total. The third-order valence-electron chi connectivity index (χ3n) is 13.3. The number of rotatable bonds is 9. The number of amides is 4. The first-order valence-corrected chi connectivity index (χ1v) is 21.0. The maximum Gasteiger partial charge on any atom is 0.271 e. The minimum Gasteiger partial charge on any atom is -0.385 e. The first kappa shape index (κ1) is 38.5. The van der Waals surface area contributed by atoms with Gasteiger partial charge >= 0.3 is 0 Å². The largest absolute Gasteiger partial charge is 0.385 e. The number of nitrogens with zero attached hydrogens (tertiary/aromatic N) is 7. The Balaban J connectivity index is 0.755. The number of nitrogens with one attached hydrogen (secondary N) is 3. The van der Waals surface area contributed by atoms with Gasteiger partial charge in [0, 0.05) is 81.0 Å². The number of anilines is 3. The van der Waals surface area contributed by atoms with E-state index in [1.165, 1.54) is 29.7 Å². The van der Waals surface area contributed by atoms with Crippen LogP contribution in [0.4, 0.5) is 17.2 Å². The number of hydrogen-bond acceptors (Lipinski definition) is 10. The molecule has 4 amide bonds. The van der Waals surface area contributed by atoms with Crippen molar-refractivity contribution in [1.29, 1.82) is 0 Å². The molecule has 304 valence electrons. The molecule has 4 fully saturated rings. The predicted molar refractivity (Wildman–Crippen MR) is 222 cm³/mol. The summed E-state index contributed by atoms with van der Waals surface area (Å²) in [7, 11) is 3.47. The summed E-state index contributed by atoms with van der Waals surface area (Å²) in [5.74, 6) is 0.0757. The summed E-state index contributed by atoms with van der Waals surface area (Å²) in [5.41, 5.74) is 7.10. The van der Waals surface area contributed by atoms with Crippen LogP contribution in [0.15, 0.2) is 48.7 Å². The van der Waals surface area contributed by atoms with E-state index in [4.69, 9.17) is 16.7 Å². The van der Waals surface area contributed by atoms with Crippen molar-refractivity contribution >= 4 is 58.1 Å². The highest BCUT2D eigenvalue weighted by Crippen LogP contribution is 2.42. The van der Waals surface area contributed by atoms with Crippen LogP contribution in [0, 0.1) is 11.3 Å². The third-order valence-corrected chi connectivity index (χ3v) is 13.7. The molecule has 0 saturated carbocycles. The Morgan fingerprint density at radius 1 is 0.948 bits per heavy atom. The third kappa shape index (κ3) is 7.19. The molecule has 2 aromatic carbocycles. The minimum absolute atomic E-state index is 0.0204. The maximum atomic E-state index is 13.5. The van der Waals surface area contributed by atoms with Crippen LogP contribution in [0.5, 0.6) is 0 Å². The van der Waals surface area contributed by atoms with Crippen molar-refractivity contribution in [2.75, 3.05) is 76.7 Å². The fourth-order valence-corrected chi connectivity index (χ4v) is 10.2. The lowest BCUT2D eigenvalue weighted by molar-refractivity contribution is -0.134. The Hall–Kier alpha value is -5.05. The van der Waals surface area contributed by atoms with Gasteiger partial charge < -0.3 is 25.3 Å². The maximum absolute atomic E-state index is 13.5. The van der Waals surface area contributed by atoms with Crippen molar-refractivity contribution < 1.29 is 19.2 Å². The summed E-state index contributed by atoms with van der Waals surface area (Å²) in [4.78, 5) is 64.1. The van der Waals surface area contributed by atoms with Crippen LogP contribution >= 0.6 is 11.6 Å². The Morgan fingerprint density at radius 2 is 1.74 bits per heavy atom. The number of likely N-dealkylation sites (tertiary alicyclic amines) is 3. The molecule has 1 unspecified atom stereocenters. The minimum atomic E-state index is -0.524. The number of imide groups is 1. The number of aromatic nitrogens is 3. The van der Waals surface area contributed by atoms with Crippen LogP contribution in [0.1, 0.15) is 82.0 Å². The number of benzene rings is 2. The van der Waals surface area contributed by atoms with Crippen molar-refractivity contribution in [3.05, 3.63) is 81.6 Å². The molecule has 0 bridgehead atoms. The van der Waals surface area contributed by atoms with Gasteiger partial charge in [0.25, 0.3) is 11.8 Å². The number of fused-ring (bicyclic) bond motifs is 2. The van der Waals surface area contributed by atoms with Gasteiger partial charge in [-0.3, -0.25) is 29.4 Å². The first-order valence-electron chi connectivity index (χ1n) is 20.7. The number of piperidine rings is 3. The molecule has 0 radical (unpaired) electrons. The molecule has 5 aliphatic heterocycles. The summed E-state index contributed by atoms with van der Waals surface area (Å²) in [5, 5.41) is 13.6. The average molecular weight is 807 g/mol. The second kappa shape index (κ2) is 15.6. The average Bonchev–Trinajstić information content (AvgIpc) is 3.86. The zero-order valence-electron chi connectivity index (χ0n) is 33.2.